The molecule has 1 atom stereocenters. The van der Waals surface area contributed by atoms with Crippen LogP contribution < -0.4 is 10.1 Å². The molecule has 2 aliphatic heterocycles. The highest BCUT2D eigenvalue weighted by molar-refractivity contribution is 6.31. The molecule has 2 heterocycles. The molecule has 2 aliphatic rings. The fraction of sp³-hybridized carbons (Fsp3) is 0.652. The lowest BCUT2D eigenvalue weighted by Crippen LogP contribution is -2.45. The summed E-state index contributed by atoms with van der Waals surface area (Å²) in [6.07, 6.45) is 8.24. The Hall–Kier alpha value is -1.79. The lowest BCUT2D eigenvalue weighted by atomic mass is 9.93. The summed E-state index contributed by atoms with van der Waals surface area (Å²) >= 11 is 6.03. The van der Waals surface area contributed by atoms with Gasteiger partial charge in [-0.25, -0.2) is 0 Å². The number of methoxy groups -OCH3 is 1. The molecule has 3 rings (SSSR count). The van der Waals surface area contributed by atoms with E-state index in [9.17, 15) is 9.59 Å². The van der Waals surface area contributed by atoms with E-state index in [2.05, 4.69) is 10.2 Å². The van der Waals surface area contributed by atoms with Crippen molar-refractivity contribution >= 4 is 29.1 Å². The van der Waals surface area contributed by atoms with E-state index in [1.807, 2.05) is 4.90 Å². The molecule has 166 valence electrons. The van der Waals surface area contributed by atoms with Crippen molar-refractivity contribution in [3.05, 3.63) is 23.2 Å². The van der Waals surface area contributed by atoms with E-state index < -0.39 is 0 Å². The molecule has 2 saturated heterocycles. The van der Waals surface area contributed by atoms with Crippen molar-refractivity contribution in [2.75, 3.05) is 45.2 Å². The van der Waals surface area contributed by atoms with Crippen LogP contribution in [0.2, 0.25) is 5.02 Å². The fourth-order valence-corrected chi connectivity index (χ4v) is 4.61. The zero-order valence-electron chi connectivity index (χ0n) is 18.0. The molecular formula is C23H34ClN3O3. The minimum atomic E-state index is -0.0522. The van der Waals surface area contributed by atoms with Gasteiger partial charge < -0.3 is 15.0 Å². The van der Waals surface area contributed by atoms with Crippen molar-refractivity contribution in [1.29, 1.82) is 0 Å². The van der Waals surface area contributed by atoms with Gasteiger partial charge in [0, 0.05) is 24.5 Å². The van der Waals surface area contributed by atoms with Crippen molar-refractivity contribution in [3.63, 3.8) is 0 Å². The highest BCUT2D eigenvalue weighted by Gasteiger charge is 2.25. The quantitative estimate of drug-likeness (QED) is 0.697. The molecular weight excluding hydrogens is 402 g/mol. The van der Waals surface area contributed by atoms with Gasteiger partial charge in [0.2, 0.25) is 11.8 Å². The Kier molecular flexibility index (Phi) is 8.82. The third-order valence-corrected chi connectivity index (χ3v) is 6.38. The van der Waals surface area contributed by atoms with Gasteiger partial charge in [-0.15, -0.1) is 0 Å². The number of benzene rings is 1. The van der Waals surface area contributed by atoms with Gasteiger partial charge >= 0.3 is 0 Å². The first kappa shape index (κ1) is 22.9. The zero-order chi connectivity index (χ0) is 21.3. The second kappa shape index (κ2) is 11.6. The topological polar surface area (TPSA) is 61.9 Å². The molecule has 2 amide bonds. The summed E-state index contributed by atoms with van der Waals surface area (Å²) < 4.78 is 5.28. The predicted molar refractivity (Wildman–Crippen MR) is 120 cm³/mol. The number of likely N-dealkylation sites (tertiary alicyclic amines) is 2. The maximum absolute atomic E-state index is 12.8. The van der Waals surface area contributed by atoms with E-state index in [1.165, 1.54) is 25.7 Å². The Morgan fingerprint density at radius 1 is 1.13 bits per heavy atom. The van der Waals surface area contributed by atoms with Gasteiger partial charge in [0.1, 0.15) is 5.75 Å². The molecule has 0 bridgehead atoms. The molecule has 0 aliphatic carbocycles. The van der Waals surface area contributed by atoms with Gasteiger partial charge in [0.25, 0.3) is 0 Å². The highest BCUT2D eigenvalue weighted by atomic mass is 35.5. The van der Waals surface area contributed by atoms with Crippen LogP contribution in [-0.2, 0) is 9.59 Å². The number of carbonyl (C=O) groups excluding carboxylic acids is 2. The molecule has 1 N–H and O–H groups in total. The lowest BCUT2D eigenvalue weighted by molar-refractivity contribution is -0.134. The highest BCUT2D eigenvalue weighted by Crippen LogP contribution is 2.28. The van der Waals surface area contributed by atoms with Crippen LogP contribution in [0.3, 0.4) is 0 Å². The summed E-state index contributed by atoms with van der Waals surface area (Å²) in [7, 11) is 1.57. The second-order valence-electron chi connectivity index (χ2n) is 8.47. The molecule has 30 heavy (non-hydrogen) atoms. The first-order chi connectivity index (χ1) is 14.5. The number of ether oxygens (including phenoxy) is 1. The van der Waals surface area contributed by atoms with E-state index >= 15 is 0 Å². The number of nitrogens with zero attached hydrogens (tertiary/aromatic N) is 2. The molecule has 0 saturated carbocycles. The van der Waals surface area contributed by atoms with E-state index in [1.54, 1.807) is 25.3 Å². The number of hydrogen-bond acceptors (Lipinski definition) is 4. The van der Waals surface area contributed by atoms with Crippen LogP contribution in [-0.4, -0.2) is 61.4 Å². The minimum Gasteiger partial charge on any atom is -0.495 e. The average Bonchev–Trinajstić information content (AvgIpc) is 3.01. The van der Waals surface area contributed by atoms with Crippen LogP contribution in [0.4, 0.5) is 5.69 Å². The predicted octanol–water partition coefficient (Wildman–Crippen LogP) is 4.18. The van der Waals surface area contributed by atoms with Crippen molar-refractivity contribution in [2.45, 2.75) is 51.4 Å². The molecule has 1 aromatic carbocycles. The van der Waals surface area contributed by atoms with Gasteiger partial charge in [-0.3, -0.25) is 14.5 Å². The Morgan fingerprint density at radius 2 is 1.90 bits per heavy atom. The largest absolute Gasteiger partial charge is 0.495 e. The first-order valence-electron chi connectivity index (χ1n) is 11.2. The summed E-state index contributed by atoms with van der Waals surface area (Å²) in [6.45, 7) is 4.23. The Morgan fingerprint density at radius 3 is 2.63 bits per heavy atom. The molecule has 0 radical (unpaired) electrons. The van der Waals surface area contributed by atoms with Crippen molar-refractivity contribution in [2.24, 2.45) is 5.92 Å². The zero-order valence-corrected chi connectivity index (χ0v) is 18.8. The lowest BCUT2D eigenvalue weighted by Gasteiger charge is -2.34. The minimum absolute atomic E-state index is 0.0522. The average molecular weight is 436 g/mol. The number of halogens is 1. The molecule has 2 fully saturated rings. The normalized spacial score (nSPS) is 20.5. The van der Waals surface area contributed by atoms with Crippen molar-refractivity contribution in [3.8, 4) is 5.75 Å². The summed E-state index contributed by atoms with van der Waals surface area (Å²) in [4.78, 5) is 29.6. The summed E-state index contributed by atoms with van der Waals surface area (Å²) in [6, 6.07) is 5.17. The summed E-state index contributed by atoms with van der Waals surface area (Å²) in [5.41, 5.74) is 0.591. The van der Waals surface area contributed by atoms with Crippen LogP contribution in [0.5, 0.6) is 5.75 Å². The molecule has 0 spiro atoms. The number of carbonyl (C=O) groups is 2. The molecule has 0 aromatic heterocycles. The SMILES string of the molecule is COc1ccc(Cl)cc1NC(=O)CC[C@@H]1CCCN(C(=O)CN2CCCCCC2)C1. The van der Waals surface area contributed by atoms with Crippen LogP contribution in [0.1, 0.15) is 51.4 Å². The smallest absolute Gasteiger partial charge is 0.236 e. The van der Waals surface area contributed by atoms with Gasteiger partial charge in [-0.2, -0.15) is 0 Å². The van der Waals surface area contributed by atoms with Crippen LogP contribution in [0.25, 0.3) is 0 Å². The van der Waals surface area contributed by atoms with Crippen LogP contribution >= 0.6 is 11.6 Å². The van der Waals surface area contributed by atoms with Crippen LogP contribution in [0.15, 0.2) is 18.2 Å². The third kappa shape index (κ3) is 6.88. The van der Waals surface area contributed by atoms with Gasteiger partial charge in [-0.05, 0) is 69.3 Å². The van der Waals surface area contributed by atoms with Crippen LogP contribution in [0, 0.1) is 5.92 Å². The Bertz CT molecular complexity index is 720. The van der Waals surface area contributed by atoms with Gasteiger partial charge in [0.15, 0.2) is 0 Å². The number of anilines is 1. The Balaban J connectivity index is 1.45. The maximum Gasteiger partial charge on any atom is 0.236 e. The molecule has 7 heteroatoms. The number of piperidine rings is 1. The molecule has 1 aromatic rings. The van der Waals surface area contributed by atoms with Crippen molar-refractivity contribution < 1.29 is 14.3 Å². The van der Waals surface area contributed by atoms with E-state index in [4.69, 9.17) is 16.3 Å². The second-order valence-corrected chi connectivity index (χ2v) is 8.91. The fourth-order valence-electron chi connectivity index (χ4n) is 4.44. The number of amides is 2. The van der Waals surface area contributed by atoms with Gasteiger partial charge in [-0.1, -0.05) is 24.4 Å². The standard InChI is InChI=1S/C23H34ClN3O3/c1-30-21-10-9-19(24)15-20(21)25-22(28)11-8-18-7-6-14-27(16-18)23(29)17-26-12-4-2-3-5-13-26/h9-10,15,18H,2-8,11-14,16-17H2,1H3,(H,25,28)/t18-/m0/s1. The maximum atomic E-state index is 12.8. The number of nitrogens with one attached hydrogen (secondary N) is 1. The third-order valence-electron chi connectivity index (χ3n) is 6.14. The number of hydrogen-bond donors (Lipinski definition) is 1. The van der Waals surface area contributed by atoms with E-state index in [0.717, 1.165) is 45.4 Å². The summed E-state index contributed by atoms with van der Waals surface area (Å²) in [5.74, 6) is 1.16. The van der Waals surface area contributed by atoms with E-state index in [-0.39, 0.29) is 11.8 Å². The summed E-state index contributed by atoms with van der Waals surface area (Å²) in [5, 5.41) is 3.45. The monoisotopic (exact) mass is 435 g/mol. The molecule has 6 nitrogen and oxygen atoms in total. The Labute approximate surface area is 184 Å². The number of rotatable bonds is 7. The molecule has 0 unspecified atom stereocenters. The van der Waals surface area contributed by atoms with Gasteiger partial charge in [0.05, 0.1) is 19.3 Å². The van der Waals surface area contributed by atoms with E-state index in [0.29, 0.717) is 35.3 Å². The van der Waals surface area contributed by atoms with Crippen molar-refractivity contribution in [1.82, 2.24) is 9.80 Å². The first-order valence-corrected chi connectivity index (χ1v) is 11.6.